The molecule has 2 unspecified atom stereocenters. The number of methoxy groups -OCH3 is 1. The van der Waals surface area contributed by atoms with E-state index < -0.39 is 20.5 Å². The van der Waals surface area contributed by atoms with Crippen molar-refractivity contribution in [3.63, 3.8) is 0 Å². The van der Waals surface area contributed by atoms with Gasteiger partial charge in [-0.1, -0.05) is 30.3 Å². The summed E-state index contributed by atoms with van der Waals surface area (Å²) in [6, 6.07) is 17.5. The average molecular weight is 313 g/mol. The van der Waals surface area contributed by atoms with Crippen LogP contribution in [0.2, 0.25) is 0 Å². The van der Waals surface area contributed by atoms with Crippen LogP contribution in [0, 0.1) is 11.3 Å². The predicted molar refractivity (Wildman–Crippen MR) is 82.3 cm³/mol. The molecule has 1 fully saturated rings. The van der Waals surface area contributed by atoms with Gasteiger partial charge in [-0.25, -0.2) is 8.42 Å². The Hall–Kier alpha value is -2.32. The fraction of sp³-hybridized carbons (Fsp3) is 0.235. The first-order chi connectivity index (χ1) is 10.5. The number of sulfone groups is 1. The Morgan fingerprint density at radius 3 is 2.32 bits per heavy atom. The molecule has 1 saturated carbocycles. The highest BCUT2D eigenvalue weighted by Crippen LogP contribution is 2.53. The number of ether oxygens (including phenoxy) is 1. The highest BCUT2D eigenvalue weighted by molar-refractivity contribution is 7.92. The fourth-order valence-corrected chi connectivity index (χ4v) is 4.82. The maximum Gasteiger partial charge on any atom is 0.183 e. The van der Waals surface area contributed by atoms with Gasteiger partial charge in [0, 0.05) is 0 Å². The van der Waals surface area contributed by atoms with Crippen LogP contribution in [0.5, 0.6) is 5.75 Å². The number of benzene rings is 2. The molecule has 0 spiro atoms. The molecule has 0 aromatic heterocycles. The molecule has 22 heavy (non-hydrogen) atoms. The zero-order chi connectivity index (χ0) is 15.8. The van der Waals surface area contributed by atoms with E-state index in [1.807, 2.05) is 0 Å². The van der Waals surface area contributed by atoms with Crippen LogP contribution in [-0.2, 0) is 15.3 Å². The Kier molecular flexibility index (Phi) is 3.42. The highest BCUT2D eigenvalue weighted by Gasteiger charge is 2.63. The Morgan fingerprint density at radius 2 is 1.77 bits per heavy atom. The quantitative estimate of drug-likeness (QED) is 0.870. The van der Waals surface area contributed by atoms with Crippen LogP contribution >= 0.6 is 0 Å². The lowest BCUT2D eigenvalue weighted by Gasteiger charge is -2.11. The zero-order valence-electron chi connectivity index (χ0n) is 12.1. The number of nitriles is 1. The lowest BCUT2D eigenvalue weighted by Crippen LogP contribution is -2.18. The molecule has 4 nitrogen and oxygen atoms in total. The lowest BCUT2D eigenvalue weighted by atomic mass is 9.98. The summed E-state index contributed by atoms with van der Waals surface area (Å²) in [7, 11) is -1.94. The van der Waals surface area contributed by atoms with Crippen molar-refractivity contribution in [2.45, 2.75) is 22.0 Å². The molecule has 0 saturated heterocycles. The molecule has 0 aliphatic heterocycles. The molecule has 2 aromatic rings. The van der Waals surface area contributed by atoms with E-state index in [1.54, 1.807) is 61.7 Å². The first kappa shape index (κ1) is 14.6. The molecule has 0 amide bonds. The fourth-order valence-electron chi connectivity index (χ4n) is 2.76. The second-order valence-electron chi connectivity index (χ2n) is 5.36. The molecule has 3 rings (SSSR count). The molecular weight excluding hydrogens is 298 g/mol. The average Bonchev–Trinajstić information content (AvgIpc) is 3.33. The normalized spacial score (nSPS) is 23.5. The molecule has 0 heterocycles. The van der Waals surface area contributed by atoms with Gasteiger partial charge in [-0.05, 0) is 36.2 Å². The van der Waals surface area contributed by atoms with Gasteiger partial charge >= 0.3 is 0 Å². The van der Waals surface area contributed by atoms with Crippen molar-refractivity contribution in [1.82, 2.24) is 0 Å². The summed E-state index contributed by atoms with van der Waals surface area (Å²) in [5.74, 6) is 0.681. The van der Waals surface area contributed by atoms with E-state index >= 15 is 0 Å². The largest absolute Gasteiger partial charge is 0.497 e. The monoisotopic (exact) mass is 313 g/mol. The Balaban J connectivity index is 1.97. The third-order valence-corrected chi connectivity index (χ3v) is 6.40. The number of nitrogens with zero attached hydrogens (tertiary/aromatic N) is 1. The van der Waals surface area contributed by atoms with Crippen molar-refractivity contribution in [3.8, 4) is 11.8 Å². The van der Waals surface area contributed by atoms with E-state index in [0.29, 0.717) is 12.2 Å². The van der Waals surface area contributed by atoms with Crippen molar-refractivity contribution in [2.24, 2.45) is 0 Å². The maximum absolute atomic E-state index is 12.7. The second-order valence-corrected chi connectivity index (χ2v) is 7.49. The van der Waals surface area contributed by atoms with Crippen molar-refractivity contribution in [1.29, 1.82) is 5.26 Å². The van der Waals surface area contributed by atoms with E-state index in [-0.39, 0.29) is 4.90 Å². The molecular formula is C17H15NO3S. The van der Waals surface area contributed by atoms with E-state index in [2.05, 4.69) is 6.07 Å². The minimum absolute atomic E-state index is 0.269. The molecule has 1 aliphatic carbocycles. The summed E-state index contributed by atoms with van der Waals surface area (Å²) in [6.07, 6.45) is 0.326. The summed E-state index contributed by atoms with van der Waals surface area (Å²) < 4.78 is 30.5. The van der Waals surface area contributed by atoms with E-state index in [4.69, 9.17) is 4.74 Å². The topological polar surface area (TPSA) is 67.2 Å². The number of rotatable bonds is 4. The van der Waals surface area contributed by atoms with E-state index in [9.17, 15) is 13.7 Å². The van der Waals surface area contributed by atoms with Crippen LogP contribution in [0.1, 0.15) is 12.0 Å². The van der Waals surface area contributed by atoms with Crippen LogP contribution in [-0.4, -0.2) is 20.8 Å². The van der Waals surface area contributed by atoms with Crippen molar-refractivity contribution in [3.05, 3.63) is 60.2 Å². The molecule has 5 heteroatoms. The standard InChI is InChI=1S/C17H15NO3S/c1-21-14-9-7-13(8-10-14)17(12-18)11-16(17)22(19,20)15-5-3-2-4-6-15/h2-10,16H,11H2,1H3. The Bertz CT molecular complexity index is 822. The maximum atomic E-state index is 12.7. The third-order valence-electron chi connectivity index (χ3n) is 4.15. The minimum Gasteiger partial charge on any atom is -0.497 e. The van der Waals surface area contributed by atoms with Gasteiger partial charge in [-0.2, -0.15) is 5.26 Å². The van der Waals surface area contributed by atoms with Crippen LogP contribution in [0.4, 0.5) is 0 Å². The molecule has 0 bridgehead atoms. The van der Waals surface area contributed by atoms with Gasteiger partial charge in [-0.15, -0.1) is 0 Å². The Labute approximate surface area is 129 Å². The van der Waals surface area contributed by atoms with Crippen LogP contribution in [0.15, 0.2) is 59.5 Å². The Morgan fingerprint density at radius 1 is 1.14 bits per heavy atom. The van der Waals surface area contributed by atoms with Crippen molar-refractivity contribution in [2.75, 3.05) is 7.11 Å². The smallest absolute Gasteiger partial charge is 0.183 e. The first-order valence-electron chi connectivity index (χ1n) is 6.89. The van der Waals surface area contributed by atoms with Crippen LogP contribution in [0.25, 0.3) is 0 Å². The highest BCUT2D eigenvalue weighted by atomic mass is 32.2. The van der Waals surface area contributed by atoms with Crippen molar-refractivity contribution >= 4 is 9.84 Å². The van der Waals surface area contributed by atoms with Crippen LogP contribution < -0.4 is 4.74 Å². The summed E-state index contributed by atoms with van der Waals surface area (Å²) >= 11 is 0. The SMILES string of the molecule is COc1ccc(C2(C#N)CC2S(=O)(=O)c2ccccc2)cc1. The summed E-state index contributed by atoms with van der Waals surface area (Å²) in [4.78, 5) is 0.269. The molecule has 0 N–H and O–H groups in total. The van der Waals surface area contributed by atoms with Gasteiger partial charge in [0.2, 0.25) is 0 Å². The summed E-state index contributed by atoms with van der Waals surface area (Å²) in [5, 5.41) is 8.88. The summed E-state index contributed by atoms with van der Waals surface area (Å²) in [6.45, 7) is 0. The second kappa shape index (κ2) is 5.15. The number of hydrogen-bond donors (Lipinski definition) is 0. The van der Waals surface area contributed by atoms with Gasteiger partial charge in [0.25, 0.3) is 0 Å². The molecule has 2 aromatic carbocycles. The lowest BCUT2D eigenvalue weighted by molar-refractivity contribution is 0.414. The van der Waals surface area contributed by atoms with Gasteiger partial charge < -0.3 is 4.74 Å². The summed E-state index contributed by atoms with van der Waals surface area (Å²) in [5.41, 5.74) is -0.235. The van der Waals surface area contributed by atoms with Gasteiger partial charge in [0.05, 0.1) is 23.3 Å². The molecule has 0 radical (unpaired) electrons. The first-order valence-corrected chi connectivity index (χ1v) is 8.44. The number of hydrogen-bond acceptors (Lipinski definition) is 4. The van der Waals surface area contributed by atoms with Gasteiger partial charge in [0.1, 0.15) is 11.2 Å². The van der Waals surface area contributed by atoms with Gasteiger partial charge in [-0.3, -0.25) is 0 Å². The predicted octanol–water partition coefficient (Wildman–Crippen LogP) is 2.70. The molecule has 2 atom stereocenters. The van der Waals surface area contributed by atoms with E-state index in [1.165, 1.54) is 0 Å². The zero-order valence-corrected chi connectivity index (χ0v) is 12.9. The third kappa shape index (κ3) is 2.16. The van der Waals surface area contributed by atoms with Crippen LogP contribution in [0.3, 0.4) is 0 Å². The van der Waals surface area contributed by atoms with E-state index in [0.717, 1.165) is 5.56 Å². The van der Waals surface area contributed by atoms with Gasteiger partial charge in [0.15, 0.2) is 9.84 Å². The van der Waals surface area contributed by atoms with Crippen molar-refractivity contribution < 1.29 is 13.2 Å². The minimum atomic E-state index is -3.50. The molecule has 112 valence electrons. The molecule has 1 aliphatic rings.